The Morgan fingerprint density at radius 3 is 2.47 bits per heavy atom. The smallest absolute Gasteiger partial charge is 0.317 e. The van der Waals surface area contributed by atoms with Gasteiger partial charge in [-0.3, -0.25) is 9.59 Å². The molecule has 1 aromatic rings. The van der Waals surface area contributed by atoms with Crippen molar-refractivity contribution in [2.45, 2.75) is 19.3 Å². The minimum absolute atomic E-state index is 0.0325. The Balaban J connectivity index is 2.18. The van der Waals surface area contributed by atoms with Crippen LogP contribution in [0, 0.1) is 5.92 Å². The van der Waals surface area contributed by atoms with Crippen LogP contribution in [0.15, 0.2) is 30.3 Å². The highest BCUT2D eigenvalue weighted by Crippen LogP contribution is 2.31. The van der Waals surface area contributed by atoms with E-state index in [0.29, 0.717) is 0 Å². The fourth-order valence-electron chi connectivity index (χ4n) is 1.86. The van der Waals surface area contributed by atoms with E-state index >= 15 is 0 Å². The average Bonchev–Trinajstić information content (AvgIpc) is 2.58. The molecule has 1 heterocycles. The molecule has 78 valence electrons. The van der Waals surface area contributed by atoms with Crippen molar-refractivity contribution in [2.75, 3.05) is 0 Å². The number of carbonyl (C=O) groups excluding carboxylic acids is 2. The molecular weight excluding hydrogens is 192 g/mol. The van der Waals surface area contributed by atoms with E-state index in [9.17, 15) is 9.59 Å². The third-order valence-electron chi connectivity index (χ3n) is 2.83. The number of carbonyl (C=O) groups is 2. The van der Waals surface area contributed by atoms with E-state index in [1.54, 1.807) is 0 Å². The van der Waals surface area contributed by atoms with Crippen LogP contribution >= 0.6 is 0 Å². The lowest BCUT2D eigenvalue weighted by Crippen LogP contribution is -2.15. The van der Waals surface area contributed by atoms with Gasteiger partial charge in [0, 0.05) is 0 Å². The van der Waals surface area contributed by atoms with Gasteiger partial charge in [-0.1, -0.05) is 37.3 Å². The van der Waals surface area contributed by atoms with Gasteiger partial charge < -0.3 is 4.74 Å². The molecule has 1 saturated heterocycles. The molecule has 0 unspecified atom stereocenters. The molecule has 15 heavy (non-hydrogen) atoms. The van der Waals surface area contributed by atoms with E-state index in [1.165, 1.54) is 0 Å². The van der Waals surface area contributed by atoms with Gasteiger partial charge in [0.2, 0.25) is 0 Å². The highest BCUT2D eigenvalue weighted by molar-refractivity contribution is 5.95. The standard InChI is InChI=1S/C12H12O3/c1-8(9-5-3-2-4-6-9)10-7-11(13)15-12(10)14/h2-6,8,10H,7H2,1H3/t8-,10+/m1/s1. The van der Waals surface area contributed by atoms with E-state index in [1.807, 2.05) is 37.3 Å². The molecule has 0 spiro atoms. The number of ether oxygens (including phenoxy) is 1. The molecule has 2 atom stereocenters. The number of hydrogen-bond acceptors (Lipinski definition) is 3. The van der Waals surface area contributed by atoms with Crippen LogP contribution in [-0.2, 0) is 14.3 Å². The normalized spacial score (nSPS) is 22.6. The molecule has 0 aromatic heterocycles. The largest absolute Gasteiger partial charge is 0.393 e. The topological polar surface area (TPSA) is 43.4 Å². The van der Waals surface area contributed by atoms with Gasteiger partial charge in [-0.05, 0) is 11.5 Å². The van der Waals surface area contributed by atoms with Gasteiger partial charge in [-0.15, -0.1) is 0 Å². The lowest BCUT2D eigenvalue weighted by atomic mass is 9.87. The molecule has 1 aliphatic heterocycles. The first kappa shape index (κ1) is 9.90. The van der Waals surface area contributed by atoms with Crippen molar-refractivity contribution >= 4 is 11.9 Å². The molecule has 0 radical (unpaired) electrons. The summed E-state index contributed by atoms with van der Waals surface area (Å²) in [6, 6.07) is 9.69. The van der Waals surface area contributed by atoms with Crippen LogP contribution in [0.25, 0.3) is 0 Å². The molecule has 1 fully saturated rings. The summed E-state index contributed by atoms with van der Waals surface area (Å²) >= 11 is 0. The summed E-state index contributed by atoms with van der Waals surface area (Å²) in [5.74, 6) is -1.09. The van der Waals surface area contributed by atoms with Crippen molar-refractivity contribution < 1.29 is 14.3 Å². The van der Waals surface area contributed by atoms with Gasteiger partial charge in [0.05, 0.1) is 12.3 Å². The summed E-state index contributed by atoms with van der Waals surface area (Å²) in [5.41, 5.74) is 1.06. The van der Waals surface area contributed by atoms with Crippen molar-refractivity contribution in [3.8, 4) is 0 Å². The van der Waals surface area contributed by atoms with E-state index in [2.05, 4.69) is 4.74 Å². The van der Waals surface area contributed by atoms with Crippen LogP contribution in [0.5, 0.6) is 0 Å². The van der Waals surface area contributed by atoms with E-state index < -0.39 is 11.9 Å². The molecule has 0 N–H and O–H groups in total. The third kappa shape index (κ3) is 1.91. The summed E-state index contributed by atoms with van der Waals surface area (Å²) in [6.45, 7) is 1.94. The zero-order valence-corrected chi connectivity index (χ0v) is 8.47. The Labute approximate surface area is 88.1 Å². The summed E-state index contributed by atoms with van der Waals surface area (Å²) in [7, 11) is 0. The van der Waals surface area contributed by atoms with Crippen molar-refractivity contribution in [3.05, 3.63) is 35.9 Å². The molecule has 3 heteroatoms. The zero-order chi connectivity index (χ0) is 10.8. The number of hydrogen-bond donors (Lipinski definition) is 0. The predicted octanol–water partition coefficient (Wildman–Crippen LogP) is 1.88. The predicted molar refractivity (Wildman–Crippen MR) is 54.1 cm³/mol. The Bertz CT molecular complexity index is 383. The minimum atomic E-state index is -0.409. The first-order chi connectivity index (χ1) is 7.18. The molecule has 0 bridgehead atoms. The Hall–Kier alpha value is -1.64. The summed E-state index contributed by atoms with van der Waals surface area (Å²) in [5, 5.41) is 0. The summed E-state index contributed by atoms with van der Waals surface area (Å²) in [6.07, 6.45) is 0.203. The number of cyclic esters (lactones) is 2. The second-order valence-electron chi connectivity index (χ2n) is 3.80. The highest BCUT2D eigenvalue weighted by atomic mass is 16.6. The second kappa shape index (κ2) is 3.85. The van der Waals surface area contributed by atoms with Gasteiger partial charge >= 0.3 is 11.9 Å². The van der Waals surface area contributed by atoms with Crippen LogP contribution in [0.4, 0.5) is 0 Å². The third-order valence-corrected chi connectivity index (χ3v) is 2.83. The first-order valence-electron chi connectivity index (χ1n) is 4.98. The fourth-order valence-corrected chi connectivity index (χ4v) is 1.86. The second-order valence-corrected chi connectivity index (χ2v) is 3.80. The Morgan fingerprint density at radius 1 is 1.27 bits per heavy atom. The molecule has 2 rings (SSSR count). The zero-order valence-electron chi connectivity index (χ0n) is 8.47. The van der Waals surface area contributed by atoms with Gasteiger partial charge in [-0.25, -0.2) is 0 Å². The molecular formula is C12H12O3. The maximum atomic E-state index is 11.4. The lowest BCUT2D eigenvalue weighted by molar-refractivity contribution is -0.153. The molecule has 1 aliphatic rings. The average molecular weight is 204 g/mol. The van der Waals surface area contributed by atoms with Crippen LogP contribution in [0.1, 0.15) is 24.8 Å². The van der Waals surface area contributed by atoms with Gasteiger partial charge in [0.15, 0.2) is 0 Å². The van der Waals surface area contributed by atoms with Crippen molar-refractivity contribution in [2.24, 2.45) is 5.92 Å². The van der Waals surface area contributed by atoms with E-state index in [-0.39, 0.29) is 18.3 Å². The number of rotatable bonds is 2. The van der Waals surface area contributed by atoms with Crippen LogP contribution < -0.4 is 0 Å². The molecule has 0 amide bonds. The van der Waals surface area contributed by atoms with Gasteiger partial charge in [-0.2, -0.15) is 0 Å². The maximum Gasteiger partial charge on any atom is 0.317 e. The summed E-state index contributed by atoms with van der Waals surface area (Å²) in [4.78, 5) is 22.3. The first-order valence-corrected chi connectivity index (χ1v) is 4.98. The minimum Gasteiger partial charge on any atom is -0.393 e. The van der Waals surface area contributed by atoms with Crippen molar-refractivity contribution in [1.29, 1.82) is 0 Å². The van der Waals surface area contributed by atoms with Gasteiger partial charge in [0.25, 0.3) is 0 Å². The van der Waals surface area contributed by atoms with Crippen molar-refractivity contribution in [1.82, 2.24) is 0 Å². The van der Waals surface area contributed by atoms with E-state index in [0.717, 1.165) is 5.56 Å². The van der Waals surface area contributed by atoms with Crippen LogP contribution in [0.2, 0.25) is 0 Å². The maximum absolute atomic E-state index is 11.4. The molecule has 0 saturated carbocycles. The van der Waals surface area contributed by atoms with Crippen LogP contribution in [-0.4, -0.2) is 11.9 Å². The number of benzene rings is 1. The summed E-state index contributed by atoms with van der Waals surface area (Å²) < 4.78 is 4.54. The monoisotopic (exact) mass is 204 g/mol. The Kier molecular flexibility index (Phi) is 2.54. The van der Waals surface area contributed by atoms with Crippen molar-refractivity contribution in [3.63, 3.8) is 0 Å². The lowest BCUT2D eigenvalue weighted by Gasteiger charge is -2.14. The quantitative estimate of drug-likeness (QED) is 0.545. The Morgan fingerprint density at radius 2 is 1.93 bits per heavy atom. The SMILES string of the molecule is C[C@H](c1ccccc1)[C@@H]1CC(=O)OC1=O. The molecule has 0 aliphatic carbocycles. The van der Waals surface area contributed by atoms with E-state index in [4.69, 9.17) is 0 Å². The van der Waals surface area contributed by atoms with Gasteiger partial charge in [0.1, 0.15) is 0 Å². The molecule has 3 nitrogen and oxygen atoms in total. The highest BCUT2D eigenvalue weighted by Gasteiger charge is 2.37. The molecule has 1 aromatic carbocycles. The fraction of sp³-hybridized carbons (Fsp3) is 0.333. The number of esters is 2. The van der Waals surface area contributed by atoms with Crippen LogP contribution in [0.3, 0.4) is 0 Å².